The number of rotatable bonds is 6. The van der Waals surface area contributed by atoms with Crippen LogP contribution in [0.25, 0.3) is 78.7 Å². The lowest BCUT2D eigenvalue weighted by Crippen LogP contribution is -2.15. The van der Waals surface area contributed by atoms with Gasteiger partial charge in [0.25, 0.3) is 0 Å². The Hall–Kier alpha value is -7.63. The topological polar surface area (TPSA) is 57.1 Å². The van der Waals surface area contributed by atoms with Crippen molar-refractivity contribution in [3.8, 4) is 102 Å². The van der Waals surface area contributed by atoms with Crippen LogP contribution in [0.5, 0.6) is 23.0 Å². The lowest BCUT2D eigenvalue weighted by atomic mass is 9.82. The van der Waals surface area contributed by atoms with Crippen LogP contribution in [-0.4, -0.2) is 15.0 Å². The van der Waals surface area contributed by atoms with Crippen molar-refractivity contribution >= 4 is 0 Å². The third-order valence-corrected chi connectivity index (χ3v) is 11.7. The number of nitrogens with zero attached hydrogens (tertiary/aromatic N) is 3. The second-order valence-electron chi connectivity index (χ2n) is 15.6. The Kier molecular flexibility index (Phi) is 8.09. The fraction of sp³-hybridized carbons (Fsp3) is 0.0556. The monoisotopic (exact) mass is 759 g/mol. The van der Waals surface area contributed by atoms with Crippen LogP contribution in [0.2, 0.25) is 0 Å². The summed E-state index contributed by atoms with van der Waals surface area (Å²) < 4.78 is 13.6. The van der Waals surface area contributed by atoms with Crippen LogP contribution in [0.1, 0.15) is 25.0 Å². The van der Waals surface area contributed by atoms with E-state index in [4.69, 9.17) is 24.4 Å². The molecule has 5 nitrogen and oxygen atoms in total. The van der Waals surface area contributed by atoms with Gasteiger partial charge in [-0.05, 0) is 56.6 Å². The summed E-state index contributed by atoms with van der Waals surface area (Å²) in [6, 6.07) is 64.8. The Labute approximate surface area is 343 Å². The predicted octanol–water partition coefficient (Wildman–Crippen LogP) is 14.1. The molecular weight excluding hydrogens is 723 g/mol. The Morgan fingerprint density at radius 1 is 0.322 bits per heavy atom. The molecule has 0 atom stereocenters. The molecule has 0 spiro atoms. The molecule has 5 heteroatoms. The van der Waals surface area contributed by atoms with Crippen molar-refractivity contribution in [3.63, 3.8) is 0 Å². The molecule has 0 fully saturated rings. The largest absolute Gasteiger partial charge is 0.449 e. The predicted molar refractivity (Wildman–Crippen MR) is 237 cm³/mol. The Morgan fingerprint density at radius 2 is 0.797 bits per heavy atom. The standard InChI is InChI=1S/C54H37N3O2/c1-54(2)44-22-12-11-20-43(44)48-45(54)32-33-47-50(48)59-49-42(21-13-23-46(49)58-47)41-19-10-9-18-40(41)36-26-30-39(31-27-36)53-56-51(37-16-7-4-8-17-37)55-52(57-53)38-28-24-35(25-29-38)34-14-5-3-6-15-34/h3-33H,1-2H3. The van der Waals surface area contributed by atoms with Crippen molar-refractivity contribution in [2.45, 2.75) is 19.3 Å². The third-order valence-electron chi connectivity index (χ3n) is 11.7. The molecule has 1 aliphatic heterocycles. The first-order valence-electron chi connectivity index (χ1n) is 19.9. The number of aromatic nitrogens is 3. The van der Waals surface area contributed by atoms with Gasteiger partial charge in [-0.25, -0.2) is 15.0 Å². The summed E-state index contributed by atoms with van der Waals surface area (Å²) in [6.45, 7) is 4.56. The lowest BCUT2D eigenvalue weighted by Gasteiger charge is -2.27. The van der Waals surface area contributed by atoms with Crippen LogP contribution in [0.15, 0.2) is 188 Å². The van der Waals surface area contributed by atoms with E-state index in [9.17, 15) is 0 Å². The molecule has 0 radical (unpaired) electrons. The highest BCUT2D eigenvalue weighted by Crippen LogP contribution is 2.59. The minimum absolute atomic E-state index is 0.150. The van der Waals surface area contributed by atoms with Gasteiger partial charge in [-0.2, -0.15) is 0 Å². The van der Waals surface area contributed by atoms with Crippen LogP contribution in [0.3, 0.4) is 0 Å². The van der Waals surface area contributed by atoms with E-state index in [1.165, 1.54) is 22.3 Å². The number of fused-ring (bicyclic) bond motifs is 6. The van der Waals surface area contributed by atoms with E-state index in [2.05, 4.69) is 147 Å². The summed E-state index contributed by atoms with van der Waals surface area (Å²) in [7, 11) is 0. The Morgan fingerprint density at radius 3 is 1.46 bits per heavy atom. The fourth-order valence-corrected chi connectivity index (χ4v) is 8.62. The molecule has 11 rings (SSSR count). The third kappa shape index (κ3) is 5.90. The number of para-hydroxylation sites is 1. The molecule has 0 bridgehead atoms. The summed E-state index contributed by atoms with van der Waals surface area (Å²) in [6.07, 6.45) is 0. The average Bonchev–Trinajstić information content (AvgIpc) is 3.54. The molecule has 0 amide bonds. The number of hydrogen-bond donors (Lipinski definition) is 0. The van der Waals surface area contributed by atoms with Crippen molar-refractivity contribution in [1.29, 1.82) is 0 Å². The van der Waals surface area contributed by atoms with Gasteiger partial charge in [0, 0.05) is 33.2 Å². The molecule has 1 aromatic heterocycles. The molecule has 8 aromatic carbocycles. The minimum Gasteiger partial charge on any atom is -0.449 e. The first-order chi connectivity index (χ1) is 29.0. The van der Waals surface area contributed by atoms with E-state index in [1.807, 2.05) is 54.6 Å². The Bertz CT molecular complexity index is 3050. The molecule has 0 saturated heterocycles. The van der Waals surface area contributed by atoms with Crippen LogP contribution in [-0.2, 0) is 5.41 Å². The summed E-state index contributed by atoms with van der Waals surface area (Å²) in [5.41, 5.74) is 13.9. The highest BCUT2D eigenvalue weighted by atomic mass is 16.6. The number of hydrogen-bond acceptors (Lipinski definition) is 5. The van der Waals surface area contributed by atoms with Crippen molar-refractivity contribution in [1.82, 2.24) is 15.0 Å². The maximum atomic E-state index is 7.00. The van der Waals surface area contributed by atoms with Crippen LogP contribution < -0.4 is 9.47 Å². The van der Waals surface area contributed by atoms with E-state index in [0.29, 0.717) is 29.0 Å². The van der Waals surface area contributed by atoms with Crippen molar-refractivity contribution in [2.24, 2.45) is 0 Å². The van der Waals surface area contributed by atoms with E-state index >= 15 is 0 Å². The molecule has 2 aliphatic rings. The van der Waals surface area contributed by atoms with Crippen LogP contribution in [0, 0.1) is 0 Å². The van der Waals surface area contributed by atoms with Gasteiger partial charge >= 0.3 is 0 Å². The normalized spacial score (nSPS) is 13.0. The second-order valence-corrected chi connectivity index (χ2v) is 15.6. The van der Waals surface area contributed by atoms with Gasteiger partial charge in [-0.15, -0.1) is 0 Å². The summed E-state index contributed by atoms with van der Waals surface area (Å²) >= 11 is 0. The molecule has 59 heavy (non-hydrogen) atoms. The maximum Gasteiger partial charge on any atom is 0.178 e. The molecule has 1 aliphatic carbocycles. The molecule has 0 unspecified atom stereocenters. The molecule has 0 N–H and O–H groups in total. The quantitative estimate of drug-likeness (QED) is 0.169. The molecular formula is C54H37N3O2. The SMILES string of the molecule is CC1(C)c2ccccc2-c2c1ccc1c2Oc2c(cccc2-c2ccccc2-c2ccc(-c3nc(-c4ccccc4)nc(-c4ccc(-c5ccccc5)cc4)n3)cc2)O1. The maximum absolute atomic E-state index is 7.00. The van der Waals surface area contributed by atoms with Crippen molar-refractivity contribution in [2.75, 3.05) is 0 Å². The van der Waals surface area contributed by atoms with Crippen LogP contribution in [0.4, 0.5) is 0 Å². The zero-order valence-electron chi connectivity index (χ0n) is 32.6. The van der Waals surface area contributed by atoms with Gasteiger partial charge in [0.1, 0.15) is 0 Å². The lowest BCUT2D eigenvalue weighted by molar-refractivity contribution is 0.361. The van der Waals surface area contributed by atoms with E-state index < -0.39 is 0 Å². The van der Waals surface area contributed by atoms with Gasteiger partial charge < -0.3 is 9.47 Å². The molecule has 2 heterocycles. The first-order valence-corrected chi connectivity index (χ1v) is 19.9. The smallest absolute Gasteiger partial charge is 0.178 e. The highest BCUT2D eigenvalue weighted by Gasteiger charge is 2.40. The van der Waals surface area contributed by atoms with E-state index in [0.717, 1.165) is 61.6 Å². The van der Waals surface area contributed by atoms with Crippen LogP contribution >= 0.6 is 0 Å². The van der Waals surface area contributed by atoms with Gasteiger partial charge in [0.2, 0.25) is 0 Å². The molecule has 280 valence electrons. The summed E-state index contributed by atoms with van der Waals surface area (Å²) in [4.78, 5) is 15.0. The van der Waals surface area contributed by atoms with Gasteiger partial charge in [-0.1, -0.05) is 190 Å². The van der Waals surface area contributed by atoms with Crippen molar-refractivity contribution < 1.29 is 9.47 Å². The van der Waals surface area contributed by atoms with Gasteiger partial charge in [0.15, 0.2) is 40.5 Å². The minimum atomic E-state index is -0.150. The number of ether oxygens (including phenoxy) is 2. The molecule has 9 aromatic rings. The average molecular weight is 760 g/mol. The van der Waals surface area contributed by atoms with E-state index in [1.54, 1.807) is 0 Å². The zero-order chi connectivity index (χ0) is 39.5. The van der Waals surface area contributed by atoms with Gasteiger partial charge in [-0.3, -0.25) is 0 Å². The first kappa shape index (κ1) is 34.6. The number of benzene rings is 8. The summed E-state index contributed by atoms with van der Waals surface area (Å²) in [5.74, 6) is 4.76. The fourth-order valence-electron chi connectivity index (χ4n) is 8.62. The van der Waals surface area contributed by atoms with Gasteiger partial charge in [0.05, 0.1) is 0 Å². The Balaban J connectivity index is 0.958. The highest BCUT2D eigenvalue weighted by molar-refractivity contribution is 5.91. The van der Waals surface area contributed by atoms with Crippen molar-refractivity contribution in [3.05, 3.63) is 199 Å². The van der Waals surface area contributed by atoms with E-state index in [-0.39, 0.29) is 5.41 Å². The summed E-state index contributed by atoms with van der Waals surface area (Å²) in [5, 5.41) is 0. The molecule has 0 saturated carbocycles. The second kappa shape index (κ2) is 13.8. The zero-order valence-corrected chi connectivity index (χ0v) is 32.6.